The number of pyridine rings is 1. The van der Waals surface area contributed by atoms with E-state index in [1.165, 1.54) is 21.6 Å². The number of nitrogens with one attached hydrogen (secondary N) is 1. The van der Waals surface area contributed by atoms with Crippen LogP contribution >= 0.6 is 0 Å². The highest BCUT2D eigenvalue weighted by Crippen LogP contribution is 2.37. The van der Waals surface area contributed by atoms with E-state index in [-0.39, 0.29) is 12.2 Å². The molecule has 35 heavy (non-hydrogen) atoms. The summed E-state index contributed by atoms with van der Waals surface area (Å²) < 4.78 is 56.1. The number of carbonyl (C=O) groups is 2. The molecule has 2 aliphatic heterocycles. The van der Waals surface area contributed by atoms with E-state index < -0.39 is 70.0 Å². The molecule has 2 N–H and O–H groups in total. The van der Waals surface area contributed by atoms with Crippen LogP contribution in [0.1, 0.15) is 44.4 Å². The molecule has 3 aromatic rings. The molecule has 0 saturated heterocycles. The van der Waals surface area contributed by atoms with E-state index in [2.05, 4.69) is 5.32 Å². The molecule has 0 saturated carbocycles. The Hall–Kier alpha value is -4.15. The third-order valence-electron chi connectivity index (χ3n) is 6.31. The minimum absolute atomic E-state index is 0.123. The maximum atomic E-state index is 13.9. The normalized spacial score (nSPS) is 16.4. The van der Waals surface area contributed by atoms with Gasteiger partial charge in [0.05, 0.1) is 11.7 Å². The average molecular weight is 487 g/mol. The molecule has 2 aliphatic rings. The van der Waals surface area contributed by atoms with Crippen molar-refractivity contribution < 1.29 is 32.3 Å². The zero-order valence-electron chi connectivity index (χ0n) is 17.9. The highest BCUT2D eigenvalue weighted by atomic mass is 19.1. The summed E-state index contributed by atoms with van der Waals surface area (Å²) in [6.45, 7) is -0.562. The third-order valence-corrected chi connectivity index (χ3v) is 6.31. The zero-order chi connectivity index (χ0) is 25.0. The Kier molecular flexibility index (Phi) is 5.34. The standard InChI is InChI=1S/C24H17F4N3O4/c25-12-3-1-11-2-4-14-9-31(19(11)7-12)24(35)20-22(33)21(32)16(10-30(14)20)23(34)29-8-15-17(27)5-13(26)6-18(15)28/h1,3,5-7,10,14,33H,2,4,8-9H2,(H,29,34)/t14-/m0/s1. The van der Waals surface area contributed by atoms with E-state index in [0.29, 0.717) is 30.7 Å². The molecule has 7 nitrogen and oxygen atoms in total. The number of hydrogen-bond acceptors (Lipinski definition) is 4. The van der Waals surface area contributed by atoms with Crippen molar-refractivity contribution in [2.24, 2.45) is 0 Å². The number of anilines is 1. The quantitative estimate of drug-likeness (QED) is 0.556. The predicted octanol–water partition coefficient (Wildman–Crippen LogP) is 3.19. The molecule has 0 unspecified atom stereocenters. The fourth-order valence-electron chi connectivity index (χ4n) is 4.56. The Morgan fingerprint density at radius 3 is 2.49 bits per heavy atom. The number of aromatic hydroxyl groups is 1. The Morgan fingerprint density at radius 1 is 1.06 bits per heavy atom. The van der Waals surface area contributed by atoms with Crippen molar-refractivity contribution in [2.45, 2.75) is 25.4 Å². The van der Waals surface area contributed by atoms with Gasteiger partial charge in [-0.1, -0.05) is 6.07 Å². The molecule has 11 heteroatoms. The van der Waals surface area contributed by atoms with E-state index in [4.69, 9.17) is 0 Å². The second-order valence-corrected chi connectivity index (χ2v) is 8.39. The fourth-order valence-corrected chi connectivity index (χ4v) is 4.56. The molecule has 0 spiro atoms. The minimum Gasteiger partial charge on any atom is -0.503 e. The van der Waals surface area contributed by atoms with Crippen LogP contribution in [0, 0.1) is 23.3 Å². The van der Waals surface area contributed by atoms with E-state index in [1.54, 1.807) is 6.07 Å². The number of rotatable bonds is 3. The molecule has 0 fully saturated rings. The molecule has 2 aromatic carbocycles. The number of benzene rings is 2. The van der Waals surface area contributed by atoms with Gasteiger partial charge >= 0.3 is 0 Å². The van der Waals surface area contributed by atoms with Gasteiger partial charge in [0.25, 0.3) is 11.8 Å². The lowest BCUT2D eigenvalue weighted by Crippen LogP contribution is -2.44. The number of aromatic nitrogens is 1. The summed E-state index contributed by atoms with van der Waals surface area (Å²) >= 11 is 0. The van der Waals surface area contributed by atoms with Crippen molar-refractivity contribution in [1.82, 2.24) is 9.88 Å². The summed E-state index contributed by atoms with van der Waals surface area (Å²) in [4.78, 5) is 40.0. The van der Waals surface area contributed by atoms with Gasteiger partial charge in [0.1, 0.15) is 28.8 Å². The Balaban J connectivity index is 1.50. The van der Waals surface area contributed by atoms with E-state index in [1.807, 2.05) is 0 Å². The molecule has 0 aliphatic carbocycles. The fraction of sp³-hybridized carbons (Fsp3) is 0.208. The summed E-state index contributed by atoms with van der Waals surface area (Å²) in [6, 6.07) is 4.54. The van der Waals surface area contributed by atoms with Crippen LogP contribution in [0.15, 0.2) is 41.3 Å². The van der Waals surface area contributed by atoms with Crippen LogP contribution in [0.2, 0.25) is 0 Å². The molecular formula is C24H17F4N3O4. The van der Waals surface area contributed by atoms with Crippen LogP contribution in [0.25, 0.3) is 0 Å². The van der Waals surface area contributed by atoms with Crippen molar-refractivity contribution in [3.05, 3.63) is 92.4 Å². The predicted molar refractivity (Wildman–Crippen MR) is 115 cm³/mol. The third kappa shape index (κ3) is 3.72. The molecular weight excluding hydrogens is 470 g/mol. The van der Waals surface area contributed by atoms with Crippen LogP contribution < -0.4 is 15.6 Å². The molecule has 180 valence electrons. The number of aryl methyl sites for hydroxylation is 1. The molecule has 5 rings (SSSR count). The monoisotopic (exact) mass is 487 g/mol. The average Bonchev–Trinajstić information content (AvgIpc) is 2.96. The Labute approximate surface area is 195 Å². The smallest absolute Gasteiger partial charge is 0.279 e. The largest absolute Gasteiger partial charge is 0.503 e. The number of fused-ring (bicyclic) bond motifs is 6. The Bertz CT molecular complexity index is 1450. The number of hydrogen-bond donors (Lipinski definition) is 2. The SMILES string of the molecule is O=C(NCc1c(F)cc(F)cc1F)c1cn2c(c(O)c1=O)C(=O)N1C[C@@H]2CCc2ccc(F)cc21. The van der Waals surface area contributed by atoms with Crippen molar-refractivity contribution in [3.63, 3.8) is 0 Å². The van der Waals surface area contributed by atoms with Gasteiger partial charge in [-0.2, -0.15) is 0 Å². The van der Waals surface area contributed by atoms with Gasteiger partial charge in [0.15, 0.2) is 11.4 Å². The molecule has 3 heterocycles. The van der Waals surface area contributed by atoms with Gasteiger partial charge in [0.2, 0.25) is 5.43 Å². The van der Waals surface area contributed by atoms with Crippen LogP contribution in [-0.4, -0.2) is 28.0 Å². The molecule has 1 atom stereocenters. The molecule has 1 aromatic heterocycles. The first-order valence-electron chi connectivity index (χ1n) is 10.7. The van der Waals surface area contributed by atoms with Crippen molar-refractivity contribution in [2.75, 3.05) is 11.4 Å². The van der Waals surface area contributed by atoms with E-state index in [0.717, 1.165) is 11.8 Å². The van der Waals surface area contributed by atoms with Crippen LogP contribution in [0.5, 0.6) is 5.75 Å². The molecule has 0 radical (unpaired) electrons. The topological polar surface area (TPSA) is 91.6 Å². The lowest BCUT2D eigenvalue weighted by atomic mass is 10.0. The van der Waals surface area contributed by atoms with Crippen LogP contribution in [0.3, 0.4) is 0 Å². The second kappa shape index (κ2) is 8.26. The van der Waals surface area contributed by atoms with Crippen molar-refractivity contribution in [3.8, 4) is 5.75 Å². The van der Waals surface area contributed by atoms with Crippen molar-refractivity contribution in [1.29, 1.82) is 0 Å². The lowest BCUT2D eigenvalue weighted by molar-refractivity contribution is 0.0929. The number of nitrogens with zero attached hydrogens (tertiary/aromatic N) is 2. The van der Waals surface area contributed by atoms with Crippen LogP contribution in [0.4, 0.5) is 23.2 Å². The van der Waals surface area contributed by atoms with Gasteiger partial charge in [-0.3, -0.25) is 14.4 Å². The number of amides is 2. The van der Waals surface area contributed by atoms with Gasteiger partial charge in [-0.15, -0.1) is 0 Å². The van der Waals surface area contributed by atoms with Gasteiger partial charge in [-0.25, -0.2) is 17.6 Å². The van der Waals surface area contributed by atoms with Crippen LogP contribution in [-0.2, 0) is 13.0 Å². The number of carbonyl (C=O) groups excluding carboxylic acids is 2. The summed E-state index contributed by atoms with van der Waals surface area (Å²) in [5.41, 5.74) is -1.57. The molecule has 2 amide bonds. The first-order chi connectivity index (χ1) is 16.7. The summed E-state index contributed by atoms with van der Waals surface area (Å²) in [5.74, 6) is -6.83. The highest BCUT2D eigenvalue weighted by molar-refractivity contribution is 6.08. The summed E-state index contributed by atoms with van der Waals surface area (Å²) in [7, 11) is 0. The zero-order valence-corrected chi connectivity index (χ0v) is 17.9. The van der Waals surface area contributed by atoms with Crippen molar-refractivity contribution >= 4 is 17.5 Å². The molecule has 2 bridgehead atoms. The van der Waals surface area contributed by atoms with Gasteiger partial charge < -0.3 is 19.9 Å². The highest BCUT2D eigenvalue weighted by Gasteiger charge is 2.38. The van der Waals surface area contributed by atoms with Gasteiger partial charge in [-0.05, 0) is 30.5 Å². The summed E-state index contributed by atoms with van der Waals surface area (Å²) in [5, 5.41) is 12.8. The van der Waals surface area contributed by atoms with Gasteiger partial charge in [0, 0.05) is 37.0 Å². The maximum absolute atomic E-state index is 13.9. The first kappa shape index (κ1) is 22.6. The first-order valence-corrected chi connectivity index (χ1v) is 10.7. The second-order valence-electron chi connectivity index (χ2n) is 8.39. The minimum atomic E-state index is -1.21. The van der Waals surface area contributed by atoms with E-state index in [9.17, 15) is 37.1 Å². The maximum Gasteiger partial charge on any atom is 0.279 e. The van der Waals surface area contributed by atoms with E-state index >= 15 is 0 Å². The summed E-state index contributed by atoms with van der Waals surface area (Å²) in [6.07, 6.45) is 2.06. The Morgan fingerprint density at radius 2 is 1.77 bits per heavy atom. The number of halogens is 4. The lowest BCUT2D eigenvalue weighted by Gasteiger charge is -2.35.